The van der Waals surface area contributed by atoms with Crippen LogP contribution in [-0.2, 0) is 0 Å². The molecule has 0 aliphatic heterocycles. The SMILES string of the molecule is COc1cc(C(=O)Nc2ccc(C)c(-n3nnnc3C)c2)ccc1OC1CCCC1. The van der Waals surface area contributed by atoms with Crippen LogP contribution in [0.1, 0.15) is 47.4 Å². The number of rotatable bonds is 6. The minimum absolute atomic E-state index is 0.222. The third kappa shape index (κ3) is 4.12. The molecule has 8 nitrogen and oxygen atoms in total. The molecule has 0 unspecified atom stereocenters. The molecule has 1 aromatic heterocycles. The molecule has 1 aliphatic carbocycles. The molecule has 156 valence electrons. The number of carbonyl (C=O) groups excluding carboxylic acids is 1. The van der Waals surface area contributed by atoms with E-state index in [-0.39, 0.29) is 12.0 Å². The van der Waals surface area contributed by atoms with Crippen LogP contribution in [0.25, 0.3) is 5.69 Å². The van der Waals surface area contributed by atoms with Crippen LogP contribution in [0.3, 0.4) is 0 Å². The van der Waals surface area contributed by atoms with E-state index in [1.54, 1.807) is 30.0 Å². The number of methoxy groups -OCH3 is 1. The van der Waals surface area contributed by atoms with Crippen LogP contribution in [0.2, 0.25) is 0 Å². The highest BCUT2D eigenvalue weighted by molar-refractivity contribution is 6.04. The predicted molar refractivity (Wildman–Crippen MR) is 112 cm³/mol. The summed E-state index contributed by atoms with van der Waals surface area (Å²) < 4.78 is 13.2. The molecule has 1 amide bonds. The first-order chi connectivity index (χ1) is 14.5. The average molecular weight is 407 g/mol. The summed E-state index contributed by atoms with van der Waals surface area (Å²) in [6.45, 7) is 3.79. The number of aromatic nitrogens is 4. The molecule has 0 radical (unpaired) electrons. The van der Waals surface area contributed by atoms with Gasteiger partial charge in [-0.25, -0.2) is 0 Å². The third-order valence-electron chi connectivity index (χ3n) is 5.34. The molecular weight excluding hydrogens is 382 g/mol. The number of carbonyl (C=O) groups is 1. The van der Waals surface area contributed by atoms with Gasteiger partial charge in [0.2, 0.25) is 0 Å². The largest absolute Gasteiger partial charge is 0.493 e. The second kappa shape index (κ2) is 8.52. The topological polar surface area (TPSA) is 91.2 Å². The van der Waals surface area contributed by atoms with Crippen LogP contribution in [-0.4, -0.2) is 39.3 Å². The van der Waals surface area contributed by atoms with E-state index in [1.165, 1.54) is 12.8 Å². The molecular formula is C22H25N5O3. The highest BCUT2D eigenvalue weighted by Crippen LogP contribution is 2.32. The van der Waals surface area contributed by atoms with Crippen molar-refractivity contribution < 1.29 is 14.3 Å². The maximum Gasteiger partial charge on any atom is 0.255 e. The molecule has 1 heterocycles. The number of hydrogen-bond acceptors (Lipinski definition) is 6. The molecule has 1 N–H and O–H groups in total. The van der Waals surface area contributed by atoms with Gasteiger partial charge in [0.1, 0.15) is 0 Å². The van der Waals surface area contributed by atoms with Gasteiger partial charge in [-0.2, -0.15) is 4.68 Å². The van der Waals surface area contributed by atoms with E-state index in [9.17, 15) is 4.79 Å². The van der Waals surface area contributed by atoms with Gasteiger partial charge < -0.3 is 14.8 Å². The first kappa shape index (κ1) is 19.9. The Morgan fingerprint density at radius 2 is 1.90 bits per heavy atom. The van der Waals surface area contributed by atoms with Gasteiger partial charge in [-0.1, -0.05) is 6.07 Å². The molecule has 0 bridgehead atoms. The van der Waals surface area contributed by atoms with Crippen LogP contribution >= 0.6 is 0 Å². The monoisotopic (exact) mass is 407 g/mol. The van der Waals surface area contributed by atoms with Gasteiger partial charge in [0.25, 0.3) is 5.91 Å². The van der Waals surface area contributed by atoms with E-state index in [0.717, 1.165) is 24.1 Å². The number of hydrogen-bond donors (Lipinski definition) is 1. The van der Waals surface area contributed by atoms with Crippen molar-refractivity contribution in [1.29, 1.82) is 0 Å². The van der Waals surface area contributed by atoms with E-state index in [2.05, 4.69) is 20.8 Å². The Balaban J connectivity index is 1.53. The molecule has 4 rings (SSSR count). The quantitative estimate of drug-likeness (QED) is 0.667. The Hall–Kier alpha value is -3.42. The van der Waals surface area contributed by atoms with E-state index in [0.29, 0.717) is 28.6 Å². The molecule has 30 heavy (non-hydrogen) atoms. The van der Waals surface area contributed by atoms with Crippen molar-refractivity contribution in [3.63, 3.8) is 0 Å². The lowest BCUT2D eigenvalue weighted by molar-refractivity contribution is 0.102. The number of ether oxygens (including phenoxy) is 2. The lowest BCUT2D eigenvalue weighted by Crippen LogP contribution is -2.14. The number of tetrazole rings is 1. The van der Waals surface area contributed by atoms with Crippen molar-refractivity contribution in [1.82, 2.24) is 20.2 Å². The summed E-state index contributed by atoms with van der Waals surface area (Å²) in [6, 6.07) is 10.9. The van der Waals surface area contributed by atoms with Crippen molar-refractivity contribution in [2.24, 2.45) is 0 Å². The number of nitrogens with one attached hydrogen (secondary N) is 1. The van der Waals surface area contributed by atoms with Crippen molar-refractivity contribution >= 4 is 11.6 Å². The first-order valence-electron chi connectivity index (χ1n) is 10.1. The fourth-order valence-electron chi connectivity index (χ4n) is 3.66. The van der Waals surface area contributed by atoms with Crippen LogP contribution < -0.4 is 14.8 Å². The molecule has 2 aromatic carbocycles. The number of aryl methyl sites for hydroxylation is 2. The van der Waals surface area contributed by atoms with Crippen LogP contribution in [0.4, 0.5) is 5.69 Å². The van der Waals surface area contributed by atoms with Gasteiger partial charge >= 0.3 is 0 Å². The fourth-order valence-corrected chi connectivity index (χ4v) is 3.66. The molecule has 1 fully saturated rings. The van der Waals surface area contributed by atoms with Crippen molar-refractivity contribution in [3.8, 4) is 17.2 Å². The second-order valence-corrected chi connectivity index (χ2v) is 7.48. The van der Waals surface area contributed by atoms with Gasteiger partial charge in [0.05, 0.1) is 18.9 Å². The summed E-state index contributed by atoms with van der Waals surface area (Å²) in [4.78, 5) is 12.8. The van der Waals surface area contributed by atoms with Gasteiger partial charge in [-0.05, 0) is 85.9 Å². The van der Waals surface area contributed by atoms with E-state index < -0.39 is 0 Å². The van der Waals surface area contributed by atoms with E-state index in [1.807, 2.05) is 32.0 Å². The zero-order valence-corrected chi connectivity index (χ0v) is 17.4. The first-order valence-corrected chi connectivity index (χ1v) is 10.1. The molecule has 8 heteroatoms. The highest BCUT2D eigenvalue weighted by atomic mass is 16.5. The maximum atomic E-state index is 12.8. The minimum atomic E-state index is -0.232. The second-order valence-electron chi connectivity index (χ2n) is 7.48. The number of anilines is 1. The van der Waals surface area contributed by atoms with Crippen molar-refractivity contribution in [2.75, 3.05) is 12.4 Å². The highest BCUT2D eigenvalue weighted by Gasteiger charge is 2.19. The van der Waals surface area contributed by atoms with E-state index >= 15 is 0 Å². The van der Waals surface area contributed by atoms with Gasteiger partial charge in [-0.3, -0.25) is 4.79 Å². The van der Waals surface area contributed by atoms with Crippen LogP contribution in [0, 0.1) is 13.8 Å². The Morgan fingerprint density at radius 1 is 1.10 bits per heavy atom. The molecule has 3 aromatic rings. The summed E-state index contributed by atoms with van der Waals surface area (Å²) in [5, 5.41) is 14.6. The normalized spacial score (nSPS) is 14.0. The van der Waals surface area contributed by atoms with Crippen molar-refractivity contribution in [3.05, 3.63) is 53.3 Å². The fraction of sp³-hybridized carbons (Fsp3) is 0.364. The summed E-state index contributed by atoms with van der Waals surface area (Å²) in [7, 11) is 1.58. The smallest absolute Gasteiger partial charge is 0.255 e. The summed E-state index contributed by atoms with van der Waals surface area (Å²) >= 11 is 0. The Kier molecular flexibility index (Phi) is 5.65. The maximum absolute atomic E-state index is 12.8. The van der Waals surface area contributed by atoms with Crippen LogP contribution in [0.5, 0.6) is 11.5 Å². The lowest BCUT2D eigenvalue weighted by Gasteiger charge is -2.16. The zero-order valence-electron chi connectivity index (χ0n) is 17.4. The molecule has 0 atom stereocenters. The third-order valence-corrected chi connectivity index (χ3v) is 5.34. The molecule has 1 aliphatic rings. The van der Waals surface area contributed by atoms with Gasteiger partial charge in [-0.15, -0.1) is 5.10 Å². The predicted octanol–water partition coefficient (Wildman–Crippen LogP) is 3.86. The molecule has 0 spiro atoms. The van der Waals surface area contributed by atoms with E-state index in [4.69, 9.17) is 9.47 Å². The molecule has 1 saturated carbocycles. The number of benzene rings is 2. The summed E-state index contributed by atoms with van der Waals surface area (Å²) in [5.41, 5.74) is 2.96. The van der Waals surface area contributed by atoms with Gasteiger partial charge in [0.15, 0.2) is 17.3 Å². The van der Waals surface area contributed by atoms with Gasteiger partial charge in [0, 0.05) is 11.3 Å². The summed E-state index contributed by atoms with van der Waals surface area (Å²) in [5.74, 6) is 1.67. The number of amides is 1. The Labute approximate surface area is 175 Å². The minimum Gasteiger partial charge on any atom is -0.493 e. The van der Waals surface area contributed by atoms with Crippen LogP contribution in [0.15, 0.2) is 36.4 Å². The van der Waals surface area contributed by atoms with Crippen molar-refractivity contribution in [2.45, 2.75) is 45.6 Å². The average Bonchev–Trinajstić information content (AvgIpc) is 3.41. The Morgan fingerprint density at radius 3 is 2.60 bits per heavy atom. The standard InChI is InChI=1S/C22H25N5O3/c1-14-8-10-17(13-19(14)27-15(2)24-25-26-27)23-22(28)16-9-11-20(21(12-16)29-3)30-18-6-4-5-7-18/h8-13,18H,4-7H2,1-3H3,(H,23,28). The summed E-state index contributed by atoms with van der Waals surface area (Å²) in [6.07, 6.45) is 4.72. The number of nitrogens with zero attached hydrogens (tertiary/aromatic N) is 4. The Bertz CT molecular complexity index is 1060. The molecule has 0 saturated heterocycles. The lowest BCUT2D eigenvalue weighted by atomic mass is 10.1. The zero-order chi connectivity index (χ0) is 21.1.